The van der Waals surface area contributed by atoms with Crippen LogP contribution in [0.5, 0.6) is 0 Å². The standard InChI is InChI=1S/C27H32Cl3N5O2/c1-5-6-9-15-34(26(37)32-25-19(29)12-10-13-20(25)30)17-24(36)31-23-16-22(27(2,3)4)33-35(23)21-14-8-7-11-18(21)28/h7-8,10-14,16H,5-6,9,15,17H2,1-4H3,(H,31,36)(H,32,37). The number of para-hydroxylation sites is 2. The average molecular weight is 565 g/mol. The molecule has 0 aliphatic heterocycles. The number of carbonyl (C=O) groups excluding carboxylic acids is 2. The van der Waals surface area contributed by atoms with Crippen molar-refractivity contribution in [2.24, 2.45) is 0 Å². The molecule has 0 saturated carbocycles. The van der Waals surface area contributed by atoms with Gasteiger partial charge < -0.3 is 15.5 Å². The molecule has 0 saturated heterocycles. The minimum atomic E-state index is -0.462. The van der Waals surface area contributed by atoms with Gasteiger partial charge in [-0.05, 0) is 30.7 Å². The van der Waals surface area contributed by atoms with Gasteiger partial charge >= 0.3 is 6.03 Å². The van der Waals surface area contributed by atoms with Crippen molar-refractivity contribution < 1.29 is 9.59 Å². The summed E-state index contributed by atoms with van der Waals surface area (Å²) in [4.78, 5) is 27.8. The van der Waals surface area contributed by atoms with Crippen LogP contribution in [0.3, 0.4) is 0 Å². The Balaban J connectivity index is 1.84. The smallest absolute Gasteiger partial charge is 0.315 e. The third-order valence-corrected chi connectivity index (χ3v) is 6.62. The minimum absolute atomic E-state index is 0.170. The summed E-state index contributed by atoms with van der Waals surface area (Å²) in [6, 6.07) is 13.6. The highest BCUT2D eigenvalue weighted by Gasteiger charge is 2.24. The van der Waals surface area contributed by atoms with Crippen LogP contribution in [-0.4, -0.2) is 39.7 Å². The van der Waals surface area contributed by atoms with E-state index in [2.05, 4.69) is 17.6 Å². The molecular weight excluding hydrogens is 533 g/mol. The number of aromatic nitrogens is 2. The van der Waals surface area contributed by atoms with E-state index in [1.807, 2.05) is 45.0 Å². The number of unbranched alkanes of at least 4 members (excludes halogenated alkanes) is 2. The first kappa shape index (κ1) is 28.8. The molecule has 0 atom stereocenters. The molecule has 2 aromatic carbocycles. The maximum atomic E-state index is 13.2. The van der Waals surface area contributed by atoms with Gasteiger partial charge in [0, 0.05) is 18.0 Å². The molecular formula is C27H32Cl3N5O2. The van der Waals surface area contributed by atoms with Gasteiger partial charge in [0.2, 0.25) is 5.91 Å². The number of anilines is 2. The molecule has 3 aromatic rings. The fourth-order valence-electron chi connectivity index (χ4n) is 3.61. The van der Waals surface area contributed by atoms with Gasteiger partial charge in [0.05, 0.1) is 32.1 Å². The first-order valence-corrected chi connectivity index (χ1v) is 13.3. The number of nitrogens with zero attached hydrogens (tertiary/aromatic N) is 3. The van der Waals surface area contributed by atoms with Crippen molar-refractivity contribution in [1.29, 1.82) is 0 Å². The molecule has 3 rings (SSSR count). The third kappa shape index (κ3) is 7.63. The van der Waals surface area contributed by atoms with Crippen LogP contribution in [0.4, 0.5) is 16.3 Å². The van der Waals surface area contributed by atoms with Crippen molar-refractivity contribution in [2.45, 2.75) is 52.4 Å². The molecule has 3 amide bonds. The summed E-state index contributed by atoms with van der Waals surface area (Å²) in [5.74, 6) is 0.0941. The predicted molar refractivity (Wildman–Crippen MR) is 152 cm³/mol. The lowest BCUT2D eigenvalue weighted by atomic mass is 9.92. The zero-order chi connectivity index (χ0) is 27.2. The number of rotatable bonds is 9. The lowest BCUT2D eigenvalue weighted by Gasteiger charge is -2.23. The fourth-order valence-corrected chi connectivity index (χ4v) is 4.32. The second-order valence-corrected chi connectivity index (χ2v) is 11.0. The van der Waals surface area contributed by atoms with E-state index in [0.717, 1.165) is 25.0 Å². The van der Waals surface area contributed by atoms with Crippen LogP contribution < -0.4 is 10.6 Å². The van der Waals surface area contributed by atoms with Crippen LogP contribution in [-0.2, 0) is 10.2 Å². The first-order valence-electron chi connectivity index (χ1n) is 12.2. The molecule has 0 fully saturated rings. The van der Waals surface area contributed by atoms with E-state index >= 15 is 0 Å². The highest BCUT2D eigenvalue weighted by molar-refractivity contribution is 6.39. The summed E-state index contributed by atoms with van der Waals surface area (Å²) < 4.78 is 1.62. The van der Waals surface area contributed by atoms with Crippen molar-refractivity contribution in [3.8, 4) is 5.69 Å². The second-order valence-electron chi connectivity index (χ2n) is 9.73. The van der Waals surface area contributed by atoms with Crippen LogP contribution in [0.15, 0.2) is 48.5 Å². The Morgan fingerprint density at radius 1 is 0.946 bits per heavy atom. The average Bonchev–Trinajstić information content (AvgIpc) is 3.25. The molecule has 0 aliphatic carbocycles. The zero-order valence-corrected chi connectivity index (χ0v) is 23.7. The lowest BCUT2D eigenvalue weighted by molar-refractivity contribution is -0.116. The Bertz CT molecular complexity index is 1230. The van der Waals surface area contributed by atoms with Gasteiger partial charge in [-0.2, -0.15) is 5.10 Å². The van der Waals surface area contributed by atoms with E-state index < -0.39 is 6.03 Å². The molecule has 0 unspecified atom stereocenters. The van der Waals surface area contributed by atoms with Crippen LogP contribution in [0.1, 0.15) is 52.7 Å². The Morgan fingerprint density at radius 3 is 2.22 bits per heavy atom. The molecule has 0 aliphatic rings. The van der Waals surface area contributed by atoms with Crippen molar-refractivity contribution in [3.05, 3.63) is 69.3 Å². The molecule has 1 heterocycles. The number of carbonyl (C=O) groups is 2. The molecule has 2 N–H and O–H groups in total. The van der Waals surface area contributed by atoms with Crippen LogP contribution in [0.25, 0.3) is 5.69 Å². The molecule has 0 bridgehead atoms. The van der Waals surface area contributed by atoms with Gasteiger partial charge in [-0.25, -0.2) is 9.48 Å². The van der Waals surface area contributed by atoms with Gasteiger partial charge in [0.15, 0.2) is 0 Å². The van der Waals surface area contributed by atoms with Crippen molar-refractivity contribution in [1.82, 2.24) is 14.7 Å². The Kier molecular flexibility index (Phi) is 9.87. The van der Waals surface area contributed by atoms with E-state index in [0.29, 0.717) is 38.8 Å². The molecule has 10 heteroatoms. The molecule has 0 radical (unpaired) electrons. The van der Waals surface area contributed by atoms with E-state index in [9.17, 15) is 9.59 Å². The zero-order valence-electron chi connectivity index (χ0n) is 21.4. The number of benzene rings is 2. The second kappa shape index (κ2) is 12.7. The normalized spacial score (nSPS) is 11.3. The third-order valence-electron chi connectivity index (χ3n) is 5.67. The molecule has 1 aromatic heterocycles. The van der Waals surface area contributed by atoms with Crippen LogP contribution >= 0.6 is 34.8 Å². The van der Waals surface area contributed by atoms with E-state index in [1.54, 1.807) is 28.9 Å². The summed E-state index contributed by atoms with van der Waals surface area (Å²) in [6.07, 6.45) is 2.65. The highest BCUT2D eigenvalue weighted by atomic mass is 35.5. The van der Waals surface area contributed by atoms with Gasteiger partial charge in [0.1, 0.15) is 12.4 Å². The SMILES string of the molecule is CCCCCN(CC(=O)Nc1cc(C(C)(C)C)nn1-c1ccccc1Cl)C(=O)Nc1c(Cl)cccc1Cl. The summed E-state index contributed by atoms with van der Waals surface area (Å²) in [6.45, 7) is 8.41. The number of halogens is 3. The summed E-state index contributed by atoms with van der Waals surface area (Å²) >= 11 is 18.9. The Labute approximate surface area is 233 Å². The highest BCUT2D eigenvalue weighted by Crippen LogP contribution is 2.31. The Hall–Kier alpha value is -2.74. The molecule has 198 valence electrons. The van der Waals surface area contributed by atoms with Crippen molar-refractivity contribution in [3.63, 3.8) is 0 Å². The number of nitrogens with one attached hydrogen (secondary N) is 2. The first-order chi connectivity index (χ1) is 17.5. The number of hydrogen-bond acceptors (Lipinski definition) is 3. The summed E-state index contributed by atoms with van der Waals surface area (Å²) in [5.41, 5.74) is 1.48. The Morgan fingerprint density at radius 2 is 1.59 bits per heavy atom. The van der Waals surface area contributed by atoms with Crippen LogP contribution in [0, 0.1) is 0 Å². The number of hydrogen-bond donors (Lipinski definition) is 2. The number of urea groups is 1. The maximum absolute atomic E-state index is 13.2. The van der Waals surface area contributed by atoms with Gasteiger partial charge in [-0.3, -0.25) is 4.79 Å². The van der Waals surface area contributed by atoms with Crippen molar-refractivity contribution >= 4 is 58.2 Å². The lowest BCUT2D eigenvalue weighted by Crippen LogP contribution is -2.41. The summed E-state index contributed by atoms with van der Waals surface area (Å²) in [5, 5.41) is 11.5. The van der Waals surface area contributed by atoms with E-state index in [1.165, 1.54) is 4.90 Å². The molecule has 0 spiro atoms. The topological polar surface area (TPSA) is 79.3 Å². The number of amides is 3. The summed E-state index contributed by atoms with van der Waals surface area (Å²) in [7, 11) is 0. The van der Waals surface area contributed by atoms with Crippen molar-refractivity contribution in [2.75, 3.05) is 23.7 Å². The predicted octanol–water partition coefficient (Wildman–Crippen LogP) is 7.79. The minimum Gasteiger partial charge on any atom is -0.315 e. The van der Waals surface area contributed by atoms with E-state index in [-0.39, 0.29) is 17.9 Å². The van der Waals surface area contributed by atoms with E-state index in [4.69, 9.17) is 39.9 Å². The largest absolute Gasteiger partial charge is 0.322 e. The van der Waals surface area contributed by atoms with Crippen LogP contribution in [0.2, 0.25) is 15.1 Å². The maximum Gasteiger partial charge on any atom is 0.322 e. The molecule has 37 heavy (non-hydrogen) atoms. The fraction of sp³-hybridized carbons (Fsp3) is 0.370. The quantitative estimate of drug-likeness (QED) is 0.260. The van der Waals surface area contributed by atoms with Gasteiger partial charge in [-0.1, -0.05) is 93.5 Å². The monoisotopic (exact) mass is 563 g/mol. The molecule has 7 nitrogen and oxygen atoms in total. The van der Waals surface area contributed by atoms with Gasteiger partial charge in [-0.15, -0.1) is 0 Å². The van der Waals surface area contributed by atoms with Gasteiger partial charge in [0.25, 0.3) is 0 Å².